The van der Waals surface area contributed by atoms with E-state index >= 15 is 0 Å². The second-order valence-electron chi connectivity index (χ2n) is 5.54. The van der Waals surface area contributed by atoms with Crippen LogP contribution in [0, 0.1) is 5.92 Å². The molecule has 5 heteroatoms. The van der Waals surface area contributed by atoms with E-state index in [0.29, 0.717) is 5.92 Å². The van der Waals surface area contributed by atoms with Crippen LogP contribution < -0.4 is 16.0 Å². The van der Waals surface area contributed by atoms with Crippen molar-refractivity contribution >= 4 is 11.9 Å². The molecular formula is C16H23N3O2. The van der Waals surface area contributed by atoms with Gasteiger partial charge in [-0.15, -0.1) is 0 Å². The molecule has 0 unspecified atom stereocenters. The van der Waals surface area contributed by atoms with Crippen LogP contribution in [0.25, 0.3) is 0 Å². The Bertz CT molecular complexity index is 486. The number of amides is 3. The van der Waals surface area contributed by atoms with Crippen LogP contribution in [-0.4, -0.2) is 25.0 Å². The fourth-order valence-electron chi connectivity index (χ4n) is 2.57. The summed E-state index contributed by atoms with van der Waals surface area (Å²) in [5, 5.41) is 8.06. The molecule has 2 atom stereocenters. The number of hydrogen-bond donors (Lipinski definition) is 3. The lowest BCUT2D eigenvalue weighted by molar-refractivity contribution is -0.122. The zero-order chi connectivity index (χ0) is 15.2. The van der Waals surface area contributed by atoms with Crippen molar-refractivity contribution in [3.63, 3.8) is 0 Å². The summed E-state index contributed by atoms with van der Waals surface area (Å²) in [6.07, 6.45) is 3.60. The third-order valence-corrected chi connectivity index (χ3v) is 4.07. The second kappa shape index (κ2) is 7.22. The van der Waals surface area contributed by atoms with E-state index in [2.05, 4.69) is 28.1 Å². The molecule has 5 nitrogen and oxygen atoms in total. The molecule has 2 rings (SSSR count). The molecule has 3 N–H and O–H groups in total. The number of imide groups is 1. The summed E-state index contributed by atoms with van der Waals surface area (Å²) in [5.41, 5.74) is 1.20. The Hall–Kier alpha value is -1.88. The summed E-state index contributed by atoms with van der Waals surface area (Å²) in [5.74, 6) is 0.247. The molecule has 1 aromatic rings. The number of hydrogen-bond acceptors (Lipinski definition) is 3. The van der Waals surface area contributed by atoms with Crippen molar-refractivity contribution in [2.75, 3.05) is 7.05 Å². The van der Waals surface area contributed by atoms with Crippen LogP contribution in [0.3, 0.4) is 0 Å². The van der Waals surface area contributed by atoms with Gasteiger partial charge in [0.2, 0.25) is 5.91 Å². The predicted molar refractivity (Wildman–Crippen MR) is 81.7 cm³/mol. The number of nitrogens with one attached hydrogen (secondary N) is 3. The van der Waals surface area contributed by atoms with Gasteiger partial charge in [0, 0.05) is 13.1 Å². The molecule has 1 fully saturated rings. The summed E-state index contributed by atoms with van der Waals surface area (Å²) in [6, 6.07) is 9.43. The molecule has 0 heterocycles. The Labute approximate surface area is 125 Å². The molecule has 0 bridgehead atoms. The van der Waals surface area contributed by atoms with Gasteiger partial charge in [-0.05, 0) is 31.2 Å². The van der Waals surface area contributed by atoms with Gasteiger partial charge in [-0.2, -0.15) is 0 Å². The van der Waals surface area contributed by atoms with Gasteiger partial charge in [-0.3, -0.25) is 15.4 Å². The first-order valence-corrected chi connectivity index (χ1v) is 7.45. The Kier molecular flexibility index (Phi) is 5.33. The molecule has 114 valence electrons. The largest absolute Gasteiger partial charge is 0.341 e. The van der Waals surface area contributed by atoms with E-state index in [1.165, 1.54) is 31.9 Å². The van der Waals surface area contributed by atoms with Gasteiger partial charge in [0.15, 0.2) is 0 Å². The average Bonchev–Trinajstić information content (AvgIpc) is 2.45. The zero-order valence-corrected chi connectivity index (χ0v) is 12.6. The van der Waals surface area contributed by atoms with Gasteiger partial charge in [0.1, 0.15) is 0 Å². The van der Waals surface area contributed by atoms with Crippen molar-refractivity contribution in [1.29, 1.82) is 0 Å². The van der Waals surface area contributed by atoms with Crippen LogP contribution in [0.15, 0.2) is 30.3 Å². The number of rotatable bonds is 5. The minimum absolute atomic E-state index is 0.158. The van der Waals surface area contributed by atoms with Crippen molar-refractivity contribution < 1.29 is 9.59 Å². The fourth-order valence-corrected chi connectivity index (χ4v) is 2.57. The van der Waals surface area contributed by atoms with E-state index < -0.39 is 12.1 Å². The number of carbonyl (C=O) groups excluding carboxylic acids is 2. The van der Waals surface area contributed by atoms with E-state index in [-0.39, 0.29) is 11.9 Å². The molecule has 0 aromatic heterocycles. The average molecular weight is 289 g/mol. The lowest BCUT2D eigenvalue weighted by atomic mass is 9.77. The van der Waals surface area contributed by atoms with Crippen LogP contribution in [0.4, 0.5) is 4.79 Å². The SMILES string of the molecule is CNC(=O)NC(=O)[C@@H](C)N[C@@H](c1ccccc1)C1CCC1. The maximum atomic E-state index is 12.0. The fraction of sp³-hybridized carbons (Fsp3) is 0.500. The molecule has 0 aliphatic heterocycles. The minimum Gasteiger partial charge on any atom is -0.341 e. The first-order chi connectivity index (χ1) is 10.1. The lowest BCUT2D eigenvalue weighted by Gasteiger charge is -2.36. The molecule has 0 spiro atoms. The highest BCUT2D eigenvalue weighted by molar-refractivity contribution is 5.96. The van der Waals surface area contributed by atoms with Gasteiger partial charge in [0.05, 0.1) is 6.04 Å². The monoisotopic (exact) mass is 289 g/mol. The van der Waals surface area contributed by atoms with Gasteiger partial charge >= 0.3 is 6.03 Å². The Morgan fingerprint density at radius 1 is 1.19 bits per heavy atom. The lowest BCUT2D eigenvalue weighted by Crippen LogP contribution is -2.49. The topological polar surface area (TPSA) is 70.2 Å². The number of carbonyl (C=O) groups is 2. The highest BCUT2D eigenvalue weighted by Gasteiger charge is 2.30. The van der Waals surface area contributed by atoms with Gasteiger partial charge in [-0.25, -0.2) is 4.79 Å². The van der Waals surface area contributed by atoms with Gasteiger partial charge in [-0.1, -0.05) is 36.8 Å². The molecular weight excluding hydrogens is 266 g/mol. The second-order valence-corrected chi connectivity index (χ2v) is 5.54. The molecule has 1 aromatic carbocycles. The molecule has 0 radical (unpaired) electrons. The summed E-state index contributed by atoms with van der Waals surface area (Å²) < 4.78 is 0. The highest BCUT2D eigenvalue weighted by Crippen LogP contribution is 2.37. The molecule has 1 aliphatic rings. The van der Waals surface area contributed by atoms with Gasteiger partial charge < -0.3 is 5.32 Å². The van der Waals surface area contributed by atoms with Crippen LogP contribution in [0.2, 0.25) is 0 Å². The minimum atomic E-state index is -0.478. The Morgan fingerprint density at radius 2 is 1.86 bits per heavy atom. The van der Waals surface area contributed by atoms with Gasteiger partial charge in [0.25, 0.3) is 0 Å². The summed E-state index contributed by atoms with van der Waals surface area (Å²) in [4.78, 5) is 23.2. The first-order valence-electron chi connectivity index (χ1n) is 7.45. The first kappa shape index (κ1) is 15.5. The summed E-state index contributed by atoms with van der Waals surface area (Å²) in [7, 11) is 1.49. The molecule has 1 saturated carbocycles. The Balaban J connectivity index is 2.01. The van der Waals surface area contributed by atoms with Crippen molar-refractivity contribution in [1.82, 2.24) is 16.0 Å². The normalized spacial score (nSPS) is 17.4. The van der Waals surface area contributed by atoms with E-state index in [9.17, 15) is 9.59 Å². The molecule has 0 saturated heterocycles. The maximum Gasteiger partial charge on any atom is 0.321 e. The van der Waals surface area contributed by atoms with E-state index in [0.717, 1.165) is 0 Å². The van der Waals surface area contributed by atoms with Crippen LogP contribution in [-0.2, 0) is 4.79 Å². The third-order valence-electron chi connectivity index (χ3n) is 4.07. The highest BCUT2D eigenvalue weighted by atomic mass is 16.2. The van der Waals surface area contributed by atoms with Crippen LogP contribution >= 0.6 is 0 Å². The smallest absolute Gasteiger partial charge is 0.321 e. The number of benzene rings is 1. The van der Waals surface area contributed by atoms with Crippen LogP contribution in [0.1, 0.15) is 37.8 Å². The predicted octanol–water partition coefficient (Wildman–Crippen LogP) is 1.96. The van der Waals surface area contributed by atoms with Crippen molar-refractivity contribution in [3.05, 3.63) is 35.9 Å². The van der Waals surface area contributed by atoms with Crippen molar-refractivity contribution in [2.24, 2.45) is 5.92 Å². The summed E-state index contributed by atoms with van der Waals surface area (Å²) in [6.45, 7) is 1.78. The molecule has 1 aliphatic carbocycles. The number of urea groups is 1. The van der Waals surface area contributed by atoms with Crippen molar-refractivity contribution in [2.45, 2.75) is 38.3 Å². The quantitative estimate of drug-likeness (QED) is 0.776. The summed E-state index contributed by atoms with van der Waals surface area (Å²) >= 11 is 0. The third kappa shape index (κ3) is 4.04. The van der Waals surface area contributed by atoms with E-state index in [1.54, 1.807) is 6.92 Å². The van der Waals surface area contributed by atoms with E-state index in [1.807, 2.05) is 18.2 Å². The Morgan fingerprint density at radius 3 is 2.38 bits per heavy atom. The molecule has 21 heavy (non-hydrogen) atoms. The standard InChI is InChI=1S/C16H23N3O2/c1-11(15(20)19-16(21)17-2)18-14(13-9-6-10-13)12-7-4-3-5-8-12/h3-5,7-8,11,13-14,18H,6,9-10H2,1-2H3,(H2,17,19,20,21)/t11-,14+/m1/s1. The zero-order valence-electron chi connectivity index (χ0n) is 12.6. The van der Waals surface area contributed by atoms with E-state index in [4.69, 9.17) is 0 Å². The van der Waals surface area contributed by atoms with Crippen LogP contribution in [0.5, 0.6) is 0 Å². The molecule has 3 amide bonds. The van der Waals surface area contributed by atoms with Crippen molar-refractivity contribution in [3.8, 4) is 0 Å². The maximum absolute atomic E-state index is 12.0.